The summed E-state index contributed by atoms with van der Waals surface area (Å²) in [6.45, 7) is 1.17. The number of halogens is 1. The van der Waals surface area contributed by atoms with E-state index in [1.807, 2.05) is 24.3 Å². The minimum atomic E-state index is -0.891. The van der Waals surface area contributed by atoms with Crippen molar-refractivity contribution in [2.75, 3.05) is 6.54 Å². The molecule has 0 unspecified atom stereocenters. The van der Waals surface area contributed by atoms with Crippen molar-refractivity contribution in [3.63, 3.8) is 0 Å². The lowest BCUT2D eigenvalue weighted by atomic mass is 10.2. The van der Waals surface area contributed by atoms with Gasteiger partial charge in [-0.1, -0.05) is 29.8 Å². The number of fused-ring (bicyclic) bond motifs is 1. The number of thiophene rings is 1. The summed E-state index contributed by atoms with van der Waals surface area (Å²) < 4.78 is 5.92. The van der Waals surface area contributed by atoms with Gasteiger partial charge in [0.25, 0.3) is 11.8 Å². The Kier molecular flexibility index (Phi) is 5.24. The minimum absolute atomic E-state index is 0.198. The molecule has 0 spiro atoms. The predicted octanol–water partition coefficient (Wildman–Crippen LogP) is 2.49. The van der Waals surface area contributed by atoms with Gasteiger partial charge >= 0.3 is 5.97 Å². The number of carbonyl (C=O) groups excluding carboxylic acids is 3. The number of ether oxygens (including phenoxy) is 1. The van der Waals surface area contributed by atoms with Crippen LogP contribution in [0.5, 0.6) is 0 Å². The highest BCUT2D eigenvalue weighted by Crippen LogP contribution is 2.34. The van der Waals surface area contributed by atoms with Crippen molar-refractivity contribution in [2.45, 2.75) is 31.9 Å². The molecule has 1 heterocycles. The van der Waals surface area contributed by atoms with Gasteiger partial charge in [-0.3, -0.25) is 14.4 Å². The summed E-state index contributed by atoms with van der Waals surface area (Å²) in [5.74, 6) is -1.45. The third kappa shape index (κ3) is 4.29. The Hall–Kier alpha value is -2.12. The fourth-order valence-electron chi connectivity index (χ4n) is 2.23. The molecule has 8 heteroatoms. The number of amides is 2. The Morgan fingerprint density at radius 2 is 2.04 bits per heavy atom. The van der Waals surface area contributed by atoms with Crippen molar-refractivity contribution in [1.82, 2.24) is 10.6 Å². The zero-order valence-corrected chi connectivity index (χ0v) is 15.1. The Labute approximate surface area is 153 Å². The molecule has 1 saturated carbocycles. The molecule has 1 atom stereocenters. The van der Waals surface area contributed by atoms with Crippen molar-refractivity contribution in [2.24, 2.45) is 0 Å². The summed E-state index contributed by atoms with van der Waals surface area (Å²) in [6.07, 6.45) is 1.02. The van der Waals surface area contributed by atoms with E-state index in [9.17, 15) is 14.4 Å². The van der Waals surface area contributed by atoms with Gasteiger partial charge < -0.3 is 15.4 Å². The van der Waals surface area contributed by atoms with Crippen molar-refractivity contribution in [1.29, 1.82) is 0 Å². The van der Waals surface area contributed by atoms with E-state index < -0.39 is 18.0 Å². The Morgan fingerprint density at radius 3 is 2.72 bits per heavy atom. The molecule has 1 fully saturated rings. The Morgan fingerprint density at radius 1 is 1.32 bits per heavy atom. The first-order valence-corrected chi connectivity index (χ1v) is 9.10. The zero-order valence-electron chi connectivity index (χ0n) is 13.5. The van der Waals surface area contributed by atoms with E-state index in [-0.39, 0.29) is 18.5 Å². The molecule has 1 aromatic carbocycles. The van der Waals surface area contributed by atoms with Gasteiger partial charge in [0.2, 0.25) is 0 Å². The monoisotopic (exact) mass is 380 g/mol. The van der Waals surface area contributed by atoms with Gasteiger partial charge in [0.1, 0.15) is 11.4 Å². The number of rotatable bonds is 6. The molecule has 6 nitrogen and oxygen atoms in total. The fraction of sp³-hybridized carbons (Fsp3) is 0.353. The molecule has 132 valence electrons. The van der Waals surface area contributed by atoms with Gasteiger partial charge in [-0.2, -0.15) is 0 Å². The molecule has 2 N–H and O–H groups in total. The third-order valence-electron chi connectivity index (χ3n) is 3.74. The highest BCUT2D eigenvalue weighted by Gasteiger charge is 2.27. The van der Waals surface area contributed by atoms with Crippen LogP contribution in [0.1, 0.15) is 29.4 Å². The molecule has 1 aliphatic rings. The maximum atomic E-state index is 12.2. The molecule has 0 saturated heterocycles. The second kappa shape index (κ2) is 7.41. The molecule has 2 aromatic rings. The zero-order chi connectivity index (χ0) is 18.0. The number of esters is 1. The van der Waals surface area contributed by atoms with Gasteiger partial charge in [0.15, 0.2) is 6.10 Å². The van der Waals surface area contributed by atoms with Crippen LogP contribution in [0.4, 0.5) is 0 Å². The average Bonchev–Trinajstić information content (AvgIpc) is 3.34. The Bertz CT molecular complexity index is 831. The van der Waals surface area contributed by atoms with Crippen LogP contribution in [0.25, 0.3) is 10.1 Å². The molecule has 0 bridgehead atoms. The molecule has 0 aliphatic heterocycles. The normalized spacial score (nSPS) is 14.8. The summed E-state index contributed by atoms with van der Waals surface area (Å²) in [7, 11) is 0. The van der Waals surface area contributed by atoms with Crippen molar-refractivity contribution in [3.8, 4) is 0 Å². The minimum Gasteiger partial charge on any atom is -0.451 e. The third-order valence-corrected chi connectivity index (χ3v) is 5.41. The van der Waals surface area contributed by atoms with Crippen LogP contribution < -0.4 is 10.6 Å². The van der Waals surface area contributed by atoms with E-state index in [1.54, 1.807) is 0 Å². The number of benzene rings is 1. The van der Waals surface area contributed by atoms with Crippen LogP contribution in [0.3, 0.4) is 0 Å². The van der Waals surface area contributed by atoms with Crippen LogP contribution in [-0.2, 0) is 14.3 Å². The number of nitrogens with one attached hydrogen (secondary N) is 2. The lowest BCUT2D eigenvalue weighted by molar-refractivity contribution is -0.153. The van der Waals surface area contributed by atoms with E-state index in [1.165, 1.54) is 18.3 Å². The van der Waals surface area contributed by atoms with Crippen molar-refractivity contribution >= 4 is 50.8 Å². The number of hydrogen-bond donors (Lipinski definition) is 2. The lowest BCUT2D eigenvalue weighted by Crippen LogP contribution is -2.39. The van der Waals surface area contributed by atoms with Crippen LogP contribution in [0, 0.1) is 0 Å². The van der Waals surface area contributed by atoms with E-state index >= 15 is 0 Å². The SMILES string of the molecule is C[C@@H](OC(=O)CNC(=O)c1sc2ccccc2c1Cl)C(=O)NC1CC1. The smallest absolute Gasteiger partial charge is 0.326 e. The molecule has 0 radical (unpaired) electrons. The van der Waals surface area contributed by atoms with Crippen molar-refractivity contribution in [3.05, 3.63) is 34.2 Å². The van der Waals surface area contributed by atoms with Gasteiger partial charge in [-0.25, -0.2) is 0 Å². The standard InChI is InChI=1S/C17H17ClN2O4S/c1-9(16(22)20-10-6-7-10)24-13(21)8-19-17(23)15-14(18)11-4-2-3-5-12(11)25-15/h2-5,9-10H,6-8H2,1H3,(H,19,23)(H,20,22)/t9-/m1/s1. The largest absolute Gasteiger partial charge is 0.451 e. The molecule has 3 rings (SSSR count). The van der Waals surface area contributed by atoms with E-state index in [0.717, 1.165) is 22.9 Å². The first-order valence-electron chi connectivity index (χ1n) is 7.91. The highest BCUT2D eigenvalue weighted by molar-refractivity contribution is 7.21. The first-order chi connectivity index (χ1) is 12.0. The maximum Gasteiger partial charge on any atom is 0.326 e. The topological polar surface area (TPSA) is 84.5 Å². The summed E-state index contributed by atoms with van der Waals surface area (Å²) in [5, 5.41) is 6.39. The van der Waals surface area contributed by atoms with Gasteiger partial charge in [-0.05, 0) is 25.8 Å². The number of hydrogen-bond acceptors (Lipinski definition) is 5. The fourth-order valence-corrected chi connectivity index (χ4v) is 3.66. The van der Waals surface area contributed by atoms with Gasteiger partial charge in [0.05, 0.1) is 5.02 Å². The summed E-state index contributed by atoms with van der Waals surface area (Å²) in [5.41, 5.74) is 0. The summed E-state index contributed by atoms with van der Waals surface area (Å²) >= 11 is 7.48. The van der Waals surface area contributed by atoms with Crippen LogP contribution >= 0.6 is 22.9 Å². The van der Waals surface area contributed by atoms with E-state index in [4.69, 9.17) is 16.3 Å². The lowest BCUT2D eigenvalue weighted by Gasteiger charge is -2.13. The summed E-state index contributed by atoms with van der Waals surface area (Å²) in [6, 6.07) is 7.61. The molecule has 25 heavy (non-hydrogen) atoms. The van der Waals surface area contributed by atoms with E-state index in [2.05, 4.69) is 10.6 Å². The van der Waals surface area contributed by atoms with Crippen LogP contribution in [0.2, 0.25) is 5.02 Å². The molecule has 1 aliphatic carbocycles. The predicted molar refractivity (Wildman–Crippen MR) is 95.9 cm³/mol. The molecule has 1 aromatic heterocycles. The summed E-state index contributed by atoms with van der Waals surface area (Å²) in [4.78, 5) is 36.1. The van der Waals surface area contributed by atoms with Crippen LogP contribution in [0.15, 0.2) is 24.3 Å². The van der Waals surface area contributed by atoms with E-state index in [0.29, 0.717) is 9.90 Å². The maximum absolute atomic E-state index is 12.2. The molecule has 2 amide bonds. The number of carbonyl (C=O) groups is 3. The quantitative estimate of drug-likeness (QED) is 0.754. The second-order valence-electron chi connectivity index (χ2n) is 5.84. The van der Waals surface area contributed by atoms with Gasteiger partial charge in [0, 0.05) is 16.1 Å². The van der Waals surface area contributed by atoms with Crippen LogP contribution in [-0.4, -0.2) is 36.5 Å². The van der Waals surface area contributed by atoms with Crippen molar-refractivity contribution < 1.29 is 19.1 Å². The Balaban J connectivity index is 1.53. The second-order valence-corrected chi connectivity index (χ2v) is 7.27. The highest BCUT2D eigenvalue weighted by atomic mass is 35.5. The molecular weight excluding hydrogens is 364 g/mol. The molecular formula is C17H17ClN2O4S. The first kappa shape index (κ1) is 17.7. The average molecular weight is 381 g/mol. The van der Waals surface area contributed by atoms with Gasteiger partial charge in [-0.15, -0.1) is 11.3 Å².